The molecule has 1 aliphatic rings. The molecule has 3 aromatic rings. The number of fused-ring (bicyclic) bond motifs is 3. The second-order valence-electron chi connectivity index (χ2n) is 7.24. The smallest absolute Gasteiger partial charge is 0.106 e. The molecule has 0 saturated heterocycles. The van der Waals surface area contributed by atoms with Gasteiger partial charge in [0.25, 0.3) is 0 Å². The number of hydrogen-bond acceptors (Lipinski definition) is 3. The van der Waals surface area contributed by atoms with E-state index in [2.05, 4.69) is 21.7 Å². The molecule has 4 nitrogen and oxygen atoms in total. The molecule has 0 bridgehead atoms. The lowest BCUT2D eigenvalue weighted by molar-refractivity contribution is 0.0383. The predicted octanol–water partition coefficient (Wildman–Crippen LogP) is 3.32. The lowest BCUT2D eigenvalue weighted by atomic mass is 9.94. The second kappa shape index (κ2) is 6.28. The van der Waals surface area contributed by atoms with Crippen molar-refractivity contribution in [3.05, 3.63) is 65.1 Å². The van der Waals surface area contributed by atoms with Crippen molar-refractivity contribution in [1.29, 1.82) is 0 Å². The SMILES string of the molecule is CC(O)(Cn1c2c(c3cc(CO)ccc31)CCCC2)c1cccnc1. The van der Waals surface area contributed by atoms with Gasteiger partial charge in [0, 0.05) is 34.6 Å². The molecule has 1 aromatic carbocycles. The lowest BCUT2D eigenvalue weighted by Crippen LogP contribution is -2.29. The van der Waals surface area contributed by atoms with Gasteiger partial charge in [-0.2, -0.15) is 0 Å². The number of aliphatic hydroxyl groups excluding tert-OH is 1. The van der Waals surface area contributed by atoms with Crippen LogP contribution in [0, 0.1) is 0 Å². The summed E-state index contributed by atoms with van der Waals surface area (Å²) in [4.78, 5) is 4.16. The Morgan fingerprint density at radius 2 is 2.04 bits per heavy atom. The van der Waals surface area contributed by atoms with E-state index in [0.717, 1.165) is 29.5 Å². The van der Waals surface area contributed by atoms with E-state index in [0.29, 0.717) is 6.54 Å². The summed E-state index contributed by atoms with van der Waals surface area (Å²) in [6, 6.07) is 9.95. The first-order chi connectivity index (χ1) is 12.1. The predicted molar refractivity (Wildman–Crippen MR) is 98.3 cm³/mol. The summed E-state index contributed by atoms with van der Waals surface area (Å²) in [5.41, 5.74) is 4.65. The van der Waals surface area contributed by atoms with Gasteiger partial charge in [-0.25, -0.2) is 0 Å². The zero-order valence-electron chi connectivity index (χ0n) is 14.6. The Kier molecular flexibility index (Phi) is 4.10. The van der Waals surface area contributed by atoms with E-state index in [9.17, 15) is 10.2 Å². The molecule has 1 aliphatic carbocycles. The highest BCUT2D eigenvalue weighted by Gasteiger charge is 2.28. The molecule has 2 N–H and O–H groups in total. The molecule has 0 amide bonds. The molecular weight excluding hydrogens is 312 g/mol. The molecule has 2 heterocycles. The lowest BCUT2D eigenvalue weighted by Gasteiger charge is -2.27. The first kappa shape index (κ1) is 16.3. The van der Waals surface area contributed by atoms with Gasteiger partial charge in [0.15, 0.2) is 0 Å². The molecule has 1 unspecified atom stereocenters. The van der Waals surface area contributed by atoms with Crippen LogP contribution in [0.2, 0.25) is 0 Å². The minimum Gasteiger partial charge on any atom is -0.392 e. The average Bonchev–Trinajstić information content (AvgIpc) is 2.95. The normalized spacial score (nSPS) is 16.6. The summed E-state index contributed by atoms with van der Waals surface area (Å²) >= 11 is 0. The summed E-state index contributed by atoms with van der Waals surface area (Å²) in [6.45, 7) is 2.42. The van der Waals surface area contributed by atoms with Crippen LogP contribution in [0.5, 0.6) is 0 Å². The van der Waals surface area contributed by atoms with E-state index in [1.54, 1.807) is 12.4 Å². The largest absolute Gasteiger partial charge is 0.392 e. The Balaban J connectivity index is 1.84. The van der Waals surface area contributed by atoms with Crippen LogP contribution in [0.4, 0.5) is 0 Å². The summed E-state index contributed by atoms with van der Waals surface area (Å²) in [7, 11) is 0. The van der Waals surface area contributed by atoms with Gasteiger partial charge in [0.1, 0.15) is 5.60 Å². The van der Waals surface area contributed by atoms with Crippen LogP contribution in [0.15, 0.2) is 42.7 Å². The van der Waals surface area contributed by atoms with Gasteiger partial charge >= 0.3 is 0 Å². The maximum absolute atomic E-state index is 11.1. The first-order valence-corrected chi connectivity index (χ1v) is 8.97. The van der Waals surface area contributed by atoms with Crippen molar-refractivity contribution in [2.45, 2.75) is 51.4 Å². The fourth-order valence-corrected chi connectivity index (χ4v) is 4.04. The summed E-state index contributed by atoms with van der Waals surface area (Å²) in [6.07, 6.45) is 7.97. The third-order valence-corrected chi connectivity index (χ3v) is 5.37. The number of pyridine rings is 1. The Morgan fingerprint density at radius 3 is 2.80 bits per heavy atom. The zero-order chi connectivity index (χ0) is 17.4. The molecule has 0 radical (unpaired) electrons. The van der Waals surface area contributed by atoms with Crippen molar-refractivity contribution in [2.75, 3.05) is 0 Å². The van der Waals surface area contributed by atoms with Gasteiger partial charge in [0.05, 0.1) is 13.2 Å². The van der Waals surface area contributed by atoms with Crippen molar-refractivity contribution in [2.24, 2.45) is 0 Å². The molecule has 130 valence electrons. The molecule has 25 heavy (non-hydrogen) atoms. The molecule has 4 heteroatoms. The summed E-state index contributed by atoms with van der Waals surface area (Å²) < 4.78 is 2.28. The van der Waals surface area contributed by atoms with Crippen LogP contribution in [-0.2, 0) is 31.6 Å². The van der Waals surface area contributed by atoms with E-state index < -0.39 is 5.60 Å². The van der Waals surface area contributed by atoms with Gasteiger partial charge in [-0.3, -0.25) is 4.98 Å². The minimum atomic E-state index is -0.985. The van der Waals surface area contributed by atoms with Crippen molar-refractivity contribution in [1.82, 2.24) is 9.55 Å². The zero-order valence-corrected chi connectivity index (χ0v) is 14.6. The van der Waals surface area contributed by atoms with Crippen LogP contribution >= 0.6 is 0 Å². The molecular formula is C21H24N2O2. The van der Waals surface area contributed by atoms with E-state index >= 15 is 0 Å². The quantitative estimate of drug-likeness (QED) is 0.768. The van der Waals surface area contributed by atoms with Gasteiger partial charge in [-0.1, -0.05) is 12.1 Å². The summed E-state index contributed by atoms with van der Waals surface area (Å²) in [5.74, 6) is 0. The van der Waals surface area contributed by atoms with Crippen LogP contribution in [0.3, 0.4) is 0 Å². The molecule has 0 saturated carbocycles. The van der Waals surface area contributed by atoms with Gasteiger partial charge in [0.2, 0.25) is 0 Å². The van der Waals surface area contributed by atoms with Crippen molar-refractivity contribution < 1.29 is 10.2 Å². The van der Waals surface area contributed by atoms with Crippen molar-refractivity contribution in [3.8, 4) is 0 Å². The van der Waals surface area contributed by atoms with Crippen LogP contribution in [-0.4, -0.2) is 19.8 Å². The monoisotopic (exact) mass is 336 g/mol. The molecule has 0 aliphatic heterocycles. The Hall–Kier alpha value is -2.17. The van der Waals surface area contributed by atoms with E-state index in [1.807, 2.05) is 25.1 Å². The third kappa shape index (κ3) is 2.86. The Bertz CT molecular complexity index is 897. The number of benzene rings is 1. The molecule has 4 rings (SSSR count). The van der Waals surface area contributed by atoms with Crippen LogP contribution < -0.4 is 0 Å². The van der Waals surface area contributed by atoms with Crippen LogP contribution in [0.25, 0.3) is 10.9 Å². The van der Waals surface area contributed by atoms with Gasteiger partial charge < -0.3 is 14.8 Å². The van der Waals surface area contributed by atoms with Crippen molar-refractivity contribution in [3.63, 3.8) is 0 Å². The van der Waals surface area contributed by atoms with Crippen molar-refractivity contribution >= 4 is 10.9 Å². The number of aliphatic hydroxyl groups is 2. The summed E-state index contributed by atoms with van der Waals surface area (Å²) in [5, 5.41) is 21.8. The molecule has 1 atom stereocenters. The van der Waals surface area contributed by atoms with E-state index in [4.69, 9.17) is 0 Å². The number of nitrogens with zero attached hydrogens (tertiary/aromatic N) is 2. The van der Waals surface area contributed by atoms with E-state index in [1.165, 1.54) is 29.5 Å². The maximum Gasteiger partial charge on any atom is 0.106 e. The highest BCUT2D eigenvalue weighted by atomic mass is 16.3. The third-order valence-electron chi connectivity index (χ3n) is 5.37. The fourth-order valence-electron chi connectivity index (χ4n) is 4.04. The first-order valence-electron chi connectivity index (χ1n) is 8.97. The highest BCUT2D eigenvalue weighted by Crippen LogP contribution is 2.35. The maximum atomic E-state index is 11.1. The fraction of sp³-hybridized carbons (Fsp3) is 0.381. The molecule has 0 fully saturated rings. The Morgan fingerprint density at radius 1 is 1.20 bits per heavy atom. The topological polar surface area (TPSA) is 58.3 Å². The second-order valence-corrected chi connectivity index (χ2v) is 7.24. The highest BCUT2D eigenvalue weighted by molar-refractivity contribution is 5.86. The number of aromatic nitrogens is 2. The minimum absolute atomic E-state index is 0.0588. The number of aryl methyl sites for hydroxylation is 1. The number of rotatable bonds is 4. The number of hydrogen-bond donors (Lipinski definition) is 2. The van der Waals surface area contributed by atoms with Gasteiger partial charge in [-0.15, -0.1) is 0 Å². The molecule has 0 spiro atoms. The molecule has 2 aromatic heterocycles. The average molecular weight is 336 g/mol. The van der Waals surface area contributed by atoms with Crippen LogP contribution in [0.1, 0.15) is 42.1 Å². The van der Waals surface area contributed by atoms with Gasteiger partial charge in [-0.05, 0) is 61.9 Å². The van der Waals surface area contributed by atoms with E-state index in [-0.39, 0.29) is 6.61 Å². The standard InChI is InChI=1S/C21H24N2O2/c1-21(25,16-5-4-10-22-12-16)14-23-19-7-3-2-6-17(19)18-11-15(13-24)8-9-20(18)23/h4-5,8-12,24-25H,2-3,6-7,13-14H2,1H3. The Labute approximate surface area is 147 Å².